The zero-order valence-corrected chi connectivity index (χ0v) is 14.4. The van der Waals surface area contributed by atoms with Crippen molar-refractivity contribution >= 4 is 16.8 Å². The Morgan fingerprint density at radius 3 is 2.88 bits per heavy atom. The van der Waals surface area contributed by atoms with Crippen molar-refractivity contribution in [2.45, 2.75) is 13.0 Å². The number of carbonyl (C=O) groups excluding carboxylic acids is 1. The molecule has 130 valence electrons. The van der Waals surface area contributed by atoms with Gasteiger partial charge in [0.1, 0.15) is 11.4 Å². The minimum atomic E-state index is -0.207. The first-order chi connectivity index (χ1) is 12.7. The highest BCUT2D eigenvalue weighted by Gasteiger charge is 2.18. The average Bonchev–Trinajstić information content (AvgIpc) is 2.70. The number of nitriles is 1. The number of nitrogens with zero attached hydrogens (tertiary/aromatic N) is 4. The van der Waals surface area contributed by atoms with E-state index in [1.807, 2.05) is 36.4 Å². The molecule has 0 atom stereocenters. The van der Waals surface area contributed by atoms with Gasteiger partial charge < -0.3 is 9.64 Å². The van der Waals surface area contributed by atoms with Crippen LogP contribution >= 0.6 is 0 Å². The molecule has 26 heavy (non-hydrogen) atoms. The summed E-state index contributed by atoms with van der Waals surface area (Å²) in [5.41, 5.74) is 1.98. The van der Waals surface area contributed by atoms with Crippen molar-refractivity contribution < 1.29 is 9.53 Å². The van der Waals surface area contributed by atoms with E-state index in [4.69, 9.17) is 10.00 Å². The second-order valence-corrected chi connectivity index (χ2v) is 5.75. The SMILES string of the molecule is COc1ccc2nc(C(=O)N(CCC#N)Cc3cccnc3)ccc2c1. The molecule has 0 aliphatic rings. The number of ether oxygens (including phenoxy) is 1. The molecule has 0 saturated heterocycles. The standard InChI is InChI=1S/C20H18N4O2/c1-26-17-6-8-18-16(12-17)5-7-19(23-18)20(25)24(11-3-9-21)14-15-4-2-10-22-13-15/h2,4-8,10,12-13H,3,11,14H2,1H3. The number of amides is 1. The second kappa shape index (κ2) is 8.08. The van der Waals surface area contributed by atoms with Crippen LogP contribution in [0.1, 0.15) is 22.5 Å². The molecular weight excluding hydrogens is 328 g/mol. The van der Waals surface area contributed by atoms with Crippen LogP contribution in [-0.4, -0.2) is 34.4 Å². The molecule has 2 aromatic heterocycles. The number of carbonyl (C=O) groups is 1. The Morgan fingerprint density at radius 2 is 2.15 bits per heavy atom. The Morgan fingerprint density at radius 1 is 1.27 bits per heavy atom. The molecule has 0 N–H and O–H groups in total. The van der Waals surface area contributed by atoms with Gasteiger partial charge in [0.25, 0.3) is 5.91 Å². The number of pyridine rings is 2. The minimum Gasteiger partial charge on any atom is -0.497 e. The van der Waals surface area contributed by atoms with Crippen LogP contribution in [0.15, 0.2) is 54.9 Å². The van der Waals surface area contributed by atoms with Crippen molar-refractivity contribution in [3.05, 3.63) is 66.1 Å². The van der Waals surface area contributed by atoms with Crippen molar-refractivity contribution in [2.75, 3.05) is 13.7 Å². The van der Waals surface area contributed by atoms with Gasteiger partial charge in [0.05, 0.1) is 25.1 Å². The first kappa shape index (κ1) is 17.4. The van der Waals surface area contributed by atoms with E-state index in [-0.39, 0.29) is 12.3 Å². The summed E-state index contributed by atoms with van der Waals surface area (Å²) in [5, 5.41) is 9.80. The number of hydrogen-bond acceptors (Lipinski definition) is 5. The molecule has 1 amide bonds. The quantitative estimate of drug-likeness (QED) is 0.685. The smallest absolute Gasteiger partial charge is 0.272 e. The molecule has 0 bridgehead atoms. The molecule has 1 aromatic carbocycles. The first-order valence-corrected chi connectivity index (χ1v) is 8.21. The maximum Gasteiger partial charge on any atom is 0.272 e. The van der Waals surface area contributed by atoms with E-state index in [0.29, 0.717) is 18.8 Å². The Hall–Kier alpha value is -3.46. The van der Waals surface area contributed by atoms with E-state index in [2.05, 4.69) is 16.0 Å². The Kier molecular flexibility index (Phi) is 5.40. The molecule has 0 spiro atoms. The molecule has 0 fully saturated rings. The fourth-order valence-corrected chi connectivity index (χ4v) is 2.66. The zero-order chi connectivity index (χ0) is 18.4. The van der Waals surface area contributed by atoms with Crippen LogP contribution in [0.25, 0.3) is 10.9 Å². The van der Waals surface area contributed by atoms with Crippen LogP contribution in [0.5, 0.6) is 5.75 Å². The number of aromatic nitrogens is 2. The Balaban J connectivity index is 1.87. The normalized spacial score (nSPS) is 10.3. The predicted octanol–water partition coefficient (Wildman–Crippen LogP) is 3.19. The predicted molar refractivity (Wildman–Crippen MR) is 97.5 cm³/mol. The van der Waals surface area contributed by atoms with Crippen LogP contribution in [-0.2, 0) is 6.54 Å². The Labute approximate surface area is 151 Å². The highest BCUT2D eigenvalue weighted by molar-refractivity contribution is 5.95. The molecule has 0 saturated carbocycles. The number of hydrogen-bond donors (Lipinski definition) is 0. The topological polar surface area (TPSA) is 79.1 Å². The lowest BCUT2D eigenvalue weighted by atomic mass is 10.1. The van der Waals surface area contributed by atoms with Gasteiger partial charge in [-0.1, -0.05) is 12.1 Å². The number of benzene rings is 1. The first-order valence-electron chi connectivity index (χ1n) is 8.21. The molecule has 3 rings (SSSR count). The van der Waals surface area contributed by atoms with Gasteiger partial charge in [-0.05, 0) is 35.9 Å². The van der Waals surface area contributed by atoms with Crippen molar-refractivity contribution in [1.82, 2.24) is 14.9 Å². The molecule has 0 aliphatic carbocycles. The van der Waals surface area contributed by atoms with Crippen LogP contribution in [0.2, 0.25) is 0 Å². The summed E-state index contributed by atoms with van der Waals surface area (Å²) in [7, 11) is 1.61. The number of rotatable bonds is 6. The number of fused-ring (bicyclic) bond motifs is 1. The van der Waals surface area contributed by atoms with Crippen molar-refractivity contribution in [3.8, 4) is 11.8 Å². The fraction of sp³-hybridized carbons (Fsp3) is 0.200. The maximum absolute atomic E-state index is 12.9. The van der Waals surface area contributed by atoms with Crippen LogP contribution in [0, 0.1) is 11.3 Å². The monoisotopic (exact) mass is 346 g/mol. The summed E-state index contributed by atoms with van der Waals surface area (Å²) >= 11 is 0. The zero-order valence-electron chi connectivity index (χ0n) is 14.4. The molecule has 2 heterocycles. The summed E-state index contributed by atoms with van der Waals surface area (Å²) in [6, 6.07) is 14.9. The largest absolute Gasteiger partial charge is 0.497 e. The molecule has 0 aliphatic heterocycles. The van der Waals surface area contributed by atoms with Gasteiger partial charge in [0.15, 0.2) is 0 Å². The van der Waals surface area contributed by atoms with Gasteiger partial charge in [-0.2, -0.15) is 5.26 Å². The average molecular weight is 346 g/mol. The summed E-state index contributed by atoms with van der Waals surface area (Å²) in [5.74, 6) is 0.535. The molecule has 6 nitrogen and oxygen atoms in total. The van der Waals surface area contributed by atoms with Crippen LogP contribution in [0.4, 0.5) is 0 Å². The summed E-state index contributed by atoms with van der Waals surface area (Å²) in [6.07, 6.45) is 3.66. The fourth-order valence-electron chi connectivity index (χ4n) is 2.66. The minimum absolute atomic E-state index is 0.207. The lowest BCUT2D eigenvalue weighted by Gasteiger charge is -2.21. The van der Waals surface area contributed by atoms with Crippen LogP contribution in [0.3, 0.4) is 0 Å². The maximum atomic E-state index is 12.9. The van der Waals surface area contributed by atoms with Gasteiger partial charge in [-0.25, -0.2) is 4.98 Å². The molecule has 0 unspecified atom stereocenters. The molecular formula is C20H18N4O2. The van der Waals surface area contributed by atoms with Crippen molar-refractivity contribution in [3.63, 3.8) is 0 Å². The lowest BCUT2D eigenvalue weighted by Crippen LogP contribution is -2.32. The summed E-state index contributed by atoms with van der Waals surface area (Å²) in [6.45, 7) is 0.725. The highest BCUT2D eigenvalue weighted by Crippen LogP contribution is 2.20. The van der Waals surface area contributed by atoms with Crippen molar-refractivity contribution in [2.24, 2.45) is 0 Å². The molecule has 6 heteroatoms. The third kappa shape index (κ3) is 3.95. The van der Waals surface area contributed by atoms with Gasteiger partial charge in [-0.3, -0.25) is 9.78 Å². The van der Waals surface area contributed by atoms with E-state index < -0.39 is 0 Å². The van der Waals surface area contributed by atoms with Gasteiger partial charge in [0, 0.05) is 30.9 Å². The lowest BCUT2D eigenvalue weighted by molar-refractivity contribution is 0.0741. The van der Waals surface area contributed by atoms with Crippen molar-refractivity contribution in [1.29, 1.82) is 5.26 Å². The van der Waals surface area contributed by atoms with E-state index in [0.717, 1.165) is 22.2 Å². The molecule has 0 radical (unpaired) electrons. The number of methoxy groups -OCH3 is 1. The van der Waals surface area contributed by atoms with E-state index >= 15 is 0 Å². The van der Waals surface area contributed by atoms with Gasteiger partial charge in [-0.15, -0.1) is 0 Å². The summed E-state index contributed by atoms with van der Waals surface area (Å²) in [4.78, 5) is 23.1. The third-order valence-electron chi connectivity index (χ3n) is 3.99. The third-order valence-corrected chi connectivity index (χ3v) is 3.99. The van der Waals surface area contributed by atoms with E-state index in [9.17, 15) is 4.79 Å². The van der Waals surface area contributed by atoms with E-state index in [1.165, 1.54) is 0 Å². The summed E-state index contributed by atoms with van der Waals surface area (Å²) < 4.78 is 5.21. The highest BCUT2D eigenvalue weighted by atomic mass is 16.5. The van der Waals surface area contributed by atoms with Gasteiger partial charge >= 0.3 is 0 Å². The molecule has 3 aromatic rings. The van der Waals surface area contributed by atoms with E-state index in [1.54, 1.807) is 30.5 Å². The Bertz CT molecular complexity index is 951. The van der Waals surface area contributed by atoms with Crippen LogP contribution < -0.4 is 4.74 Å². The second-order valence-electron chi connectivity index (χ2n) is 5.75. The van der Waals surface area contributed by atoms with Gasteiger partial charge in [0.2, 0.25) is 0 Å².